The Balaban J connectivity index is 1.50. The maximum absolute atomic E-state index is 14.4. The van der Waals surface area contributed by atoms with Crippen LogP contribution in [0.2, 0.25) is 0 Å². The number of alkyl halides is 1. The average Bonchev–Trinajstić information content (AvgIpc) is 3.31. The lowest BCUT2D eigenvalue weighted by atomic mass is 9.87. The molecule has 1 saturated heterocycles. The highest BCUT2D eigenvalue weighted by atomic mass is 19.3. The molecular formula is C31H30F3NO4. The Kier molecular flexibility index (Phi) is 8.21. The number of fused-ring (bicyclic) bond motifs is 1. The normalized spacial score (nSPS) is 17.6. The van der Waals surface area contributed by atoms with Crippen LogP contribution in [-0.2, 0) is 11.4 Å². The molecule has 3 aromatic rings. The molecule has 39 heavy (non-hydrogen) atoms. The molecule has 3 aromatic carbocycles. The number of benzene rings is 3. The quantitative estimate of drug-likeness (QED) is 0.347. The molecule has 1 atom stereocenters. The second-order valence-electron chi connectivity index (χ2n) is 10.0. The Labute approximate surface area is 225 Å². The monoisotopic (exact) mass is 537 g/mol. The number of aromatic hydroxyl groups is 1. The molecule has 1 N–H and O–H groups in total. The molecule has 1 heterocycles. The van der Waals surface area contributed by atoms with Gasteiger partial charge in [0, 0.05) is 24.2 Å². The Hall–Kier alpha value is -3.78. The summed E-state index contributed by atoms with van der Waals surface area (Å²) in [5.74, 6) is -1.44. The van der Waals surface area contributed by atoms with Crippen LogP contribution in [0.5, 0.6) is 11.5 Å². The Morgan fingerprint density at radius 3 is 2.56 bits per heavy atom. The number of nitrogens with zero attached hydrogens (tertiary/aromatic N) is 1. The van der Waals surface area contributed by atoms with Crippen LogP contribution in [0.4, 0.5) is 13.3 Å². The number of carbonyl (C=O) groups is 1. The predicted molar refractivity (Wildman–Crippen MR) is 142 cm³/mol. The molecule has 5 nitrogen and oxygen atoms in total. The first kappa shape index (κ1) is 26.8. The fraction of sp³-hybridized carbons (Fsp3) is 0.323. The van der Waals surface area contributed by atoms with Crippen LogP contribution >= 0.6 is 0 Å². The first-order chi connectivity index (χ1) is 19.0. The van der Waals surface area contributed by atoms with Gasteiger partial charge in [0.1, 0.15) is 11.9 Å². The van der Waals surface area contributed by atoms with Gasteiger partial charge in [-0.15, -0.1) is 0 Å². The fourth-order valence-electron chi connectivity index (χ4n) is 5.54. The maximum Gasteiger partial charge on any atom is 0.379 e. The van der Waals surface area contributed by atoms with E-state index in [1.807, 2.05) is 24.3 Å². The number of phenols is 1. The summed E-state index contributed by atoms with van der Waals surface area (Å²) >= 11 is 0. The summed E-state index contributed by atoms with van der Waals surface area (Å²) in [6.45, 7) is 2.06. The van der Waals surface area contributed by atoms with Crippen LogP contribution in [0.15, 0.2) is 60.7 Å². The number of phenolic OH excluding ortho intramolecular Hbond substituents is 1. The van der Waals surface area contributed by atoms with Crippen molar-refractivity contribution >= 4 is 17.1 Å². The van der Waals surface area contributed by atoms with Crippen molar-refractivity contribution in [3.05, 3.63) is 94.3 Å². The highest BCUT2D eigenvalue weighted by Crippen LogP contribution is 2.41. The number of likely N-dealkylation sites (tertiary alicyclic amines) is 1. The summed E-state index contributed by atoms with van der Waals surface area (Å²) in [6.07, 6.45) is 3.45. The molecule has 1 aliphatic carbocycles. The lowest BCUT2D eigenvalue weighted by Gasteiger charge is -2.19. The molecule has 0 radical (unpaired) electrons. The van der Waals surface area contributed by atoms with Crippen LogP contribution in [-0.4, -0.2) is 48.4 Å². The van der Waals surface area contributed by atoms with Gasteiger partial charge in [-0.1, -0.05) is 24.3 Å². The molecule has 0 amide bonds. The molecular weight excluding hydrogens is 507 g/mol. The highest BCUT2D eigenvalue weighted by Gasteiger charge is 2.25. The molecule has 0 bridgehead atoms. The van der Waals surface area contributed by atoms with Crippen LogP contribution < -0.4 is 4.74 Å². The van der Waals surface area contributed by atoms with Crippen molar-refractivity contribution < 1.29 is 32.9 Å². The molecule has 2 aliphatic rings. The minimum absolute atomic E-state index is 0.0393. The number of rotatable bonds is 8. The average molecular weight is 538 g/mol. The number of aryl methyl sites for hydroxylation is 1. The number of hydrogen-bond donors (Lipinski definition) is 1. The molecule has 8 heteroatoms. The van der Waals surface area contributed by atoms with Crippen molar-refractivity contribution in [1.82, 2.24) is 4.90 Å². The molecule has 0 spiro atoms. The van der Waals surface area contributed by atoms with Crippen LogP contribution in [0.3, 0.4) is 0 Å². The Bertz CT molecular complexity index is 1370. The van der Waals surface area contributed by atoms with Gasteiger partial charge in [-0.25, -0.2) is 14.1 Å². The second-order valence-corrected chi connectivity index (χ2v) is 10.0. The number of ether oxygens (including phenoxy) is 1. The second kappa shape index (κ2) is 11.9. The lowest BCUT2D eigenvalue weighted by Crippen LogP contribution is -2.26. The van der Waals surface area contributed by atoms with E-state index in [-0.39, 0.29) is 18.3 Å². The summed E-state index contributed by atoms with van der Waals surface area (Å²) in [4.78, 5) is 17.5. The van der Waals surface area contributed by atoms with E-state index in [0.717, 1.165) is 66.1 Å². The van der Waals surface area contributed by atoms with E-state index in [2.05, 4.69) is 9.84 Å². The van der Waals surface area contributed by atoms with Gasteiger partial charge in [0.15, 0.2) is 11.6 Å². The minimum atomic E-state index is -1.05. The van der Waals surface area contributed by atoms with E-state index in [1.165, 1.54) is 18.2 Å². The third kappa shape index (κ3) is 5.96. The van der Waals surface area contributed by atoms with E-state index in [0.29, 0.717) is 24.8 Å². The summed E-state index contributed by atoms with van der Waals surface area (Å²) < 4.78 is 45.7. The third-order valence-electron chi connectivity index (χ3n) is 7.43. The first-order valence-corrected chi connectivity index (χ1v) is 13.2. The Morgan fingerprint density at radius 1 is 1.03 bits per heavy atom. The van der Waals surface area contributed by atoms with Gasteiger partial charge >= 0.3 is 5.97 Å². The number of hydrogen-bond acceptors (Lipinski definition) is 5. The topological polar surface area (TPSA) is 59.0 Å². The first-order valence-electron chi connectivity index (χ1n) is 13.2. The molecule has 204 valence electrons. The van der Waals surface area contributed by atoms with Gasteiger partial charge in [0.05, 0.1) is 12.2 Å². The number of carbonyl (C=O) groups excluding carboxylic acids is 1. The van der Waals surface area contributed by atoms with Crippen molar-refractivity contribution in [1.29, 1.82) is 0 Å². The molecule has 1 aliphatic heterocycles. The predicted octanol–water partition coefficient (Wildman–Crippen LogP) is 6.68. The molecule has 5 rings (SSSR count). The summed E-state index contributed by atoms with van der Waals surface area (Å²) in [5.41, 5.74) is 5.15. The molecule has 0 aromatic heterocycles. The van der Waals surface area contributed by atoms with E-state index >= 15 is 0 Å². The van der Waals surface area contributed by atoms with Crippen molar-refractivity contribution in [3.63, 3.8) is 0 Å². The Morgan fingerprint density at radius 2 is 1.82 bits per heavy atom. The zero-order valence-corrected chi connectivity index (χ0v) is 21.5. The number of halogens is 3. The van der Waals surface area contributed by atoms with Crippen molar-refractivity contribution in [2.75, 3.05) is 26.3 Å². The standard InChI is InChI=1S/C31H30F3NO4/c32-14-2-15-35-16-13-25(19-35)38-24-9-5-20(6-10-24)30-26(22-8-12-29(36)28(33)18-22)4-1-3-21-17-23(31(37)39-34)7-11-27(21)30/h5-12,17-18,25,36H,1-4,13-16,19H2. The van der Waals surface area contributed by atoms with Crippen molar-refractivity contribution in [3.8, 4) is 11.5 Å². The summed E-state index contributed by atoms with van der Waals surface area (Å²) in [6, 6.07) is 17.0. The smallest absolute Gasteiger partial charge is 0.379 e. The SMILES string of the molecule is O=C(OF)c1ccc2c(c1)CCCC(c1ccc(O)c(F)c1)=C2c1ccc(OC2CCN(CCCF)C2)cc1. The van der Waals surface area contributed by atoms with Gasteiger partial charge in [-0.2, -0.15) is 0 Å². The van der Waals surface area contributed by atoms with Gasteiger partial charge in [-0.05, 0) is 102 Å². The zero-order valence-electron chi connectivity index (χ0n) is 21.5. The number of allylic oxidation sites excluding steroid dienone is 1. The fourth-order valence-corrected chi connectivity index (χ4v) is 5.54. The molecule has 0 saturated carbocycles. The molecule has 1 unspecified atom stereocenters. The third-order valence-corrected chi connectivity index (χ3v) is 7.43. The van der Waals surface area contributed by atoms with E-state index < -0.39 is 17.5 Å². The largest absolute Gasteiger partial charge is 0.505 e. The lowest BCUT2D eigenvalue weighted by molar-refractivity contribution is -0.0788. The molecule has 1 fully saturated rings. The minimum Gasteiger partial charge on any atom is -0.505 e. The van der Waals surface area contributed by atoms with Crippen LogP contribution in [0, 0.1) is 5.82 Å². The van der Waals surface area contributed by atoms with Crippen molar-refractivity contribution in [2.45, 2.75) is 38.2 Å². The van der Waals surface area contributed by atoms with Crippen LogP contribution in [0.25, 0.3) is 11.1 Å². The van der Waals surface area contributed by atoms with Gasteiger partial charge in [0.25, 0.3) is 0 Å². The van der Waals surface area contributed by atoms with E-state index in [9.17, 15) is 23.2 Å². The summed E-state index contributed by atoms with van der Waals surface area (Å²) in [7, 11) is 0. The van der Waals surface area contributed by atoms with Gasteiger partial charge in [-0.3, -0.25) is 9.29 Å². The van der Waals surface area contributed by atoms with E-state index in [4.69, 9.17) is 4.74 Å². The zero-order chi connectivity index (χ0) is 27.4. The van der Waals surface area contributed by atoms with Crippen molar-refractivity contribution in [2.24, 2.45) is 0 Å². The highest BCUT2D eigenvalue weighted by molar-refractivity contribution is 6.00. The van der Waals surface area contributed by atoms with Crippen LogP contribution in [0.1, 0.15) is 58.3 Å². The van der Waals surface area contributed by atoms with Gasteiger partial charge in [0.2, 0.25) is 0 Å². The van der Waals surface area contributed by atoms with Gasteiger partial charge < -0.3 is 9.84 Å². The maximum atomic E-state index is 14.4. The van der Waals surface area contributed by atoms with E-state index in [1.54, 1.807) is 18.2 Å². The summed E-state index contributed by atoms with van der Waals surface area (Å²) in [5, 5.41) is 9.75.